The van der Waals surface area contributed by atoms with E-state index in [0.717, 1.165) is 11.1 Å². The zero-order valence-electron chi connectivity index (χ0n) is 7.64. The monoisotopic (exact) mass is 176 g/mol. The smallest absolute Gasteiger partial charge is 0.427 e. The zero-order chi connectivity index (χ0) is 9.68. The van der Waals surface area contributed by atoms with E-state index < -0.39 is 7.12 Å². The van der Waals surface area contributed by atoms with E-state index in [-0.39, 0.29) is 6.32 Å². The minimum Gasteiger partial charge on any atom is -0.427 e. The third-order valence-corrected chi connectivity index (χ3v) is 1.80. The Kier molecular flexibility index (Phi) is 3.74. The lowest BCUT2D eigenvalue weighted by Crippen LogP contribution is -2.15. The van der Waals surface area contributed by atoms with Crippen molar-refractivity contribution in [3.63, 3.8) is 0 Å². The Morgan fingerprint density at radius 1 is 1.31 bits per heavy atom. The van der Waals surface area contributed by atoms with Gasteiger partial charge in [-0.15, -0.1) is 0 Å². The Labute approximate surface area is 78.7 Å². The van der Waals surface area contributed by atoms with Crippen molar-refractivity contribution in [2.45, 2.75) is 13.2 Å². The molecule has 68 valence electrons. The fraction of sp³-hybridized carbons (Fsp3) is 0.200. The van der Waals surface area contributed by atoms with Crippen molar-refractivity contribution >= 4 is 13.2 Å². The average molecular weight is 176 g/mol. The van der Waals surface area contributed by atoms with Gasteiger partial charge >= 0.3 is 7.12 Å². The molecule has 0 saturated carbocycles. The maximum atomic E-state index is 8.83. The third-order valence-electron chi connectivity index (χ3n) is 1.80. The Bertz CT molecular complexity index is 295. The maximum Gasteiger partial charge on any atom is 0.456 e. The Morgan fingerprint density at radius 3 is 2.62 bits per heavy atom. The van der Waals surface area contributed by atoms with Crippen LogP contribution in [-0.4, -0.2) is 17.2 Å². The van der Waals surface area contributed by atoms with Crippen LogP contribution < -0.4 is 0 Å². The van der Waals surface area contributed by atoms with E-state index in [4.69, 9.17) is 10.0 Å². The third kappa shape index (κ3) is 3.05. The number of benzene rings is 1. The summed E-state index contributed by atoms with van der Waals surface area (Å²) in [6.45, 7) is 1.94. The standard InChI is InChI=1S/C10H13BO2/c1-2-5-9-6-3-4-7-10(9)8-11(12)13/h2-7,12-13H,8H2,1H3/b5-2-. The van der Waals surface area contributed by atoms with Crippen LogP contribution >= 0.6 is 0 Å². The molecule has 0 amide bonds. The van der Waals surface area contributed by atoms with Gasteiger partial charge in [0.05, 0.1) is 0 Å². The molecule has 0 unspecified atom stereocenters. The second-order valence-corrected chi connectivity index (χ2v) is 2.88. The van der Waals surface area contributed by atoms with Crippen LogP contribution in [0.15, 0.2) is 30.3 Å². The van der Waals surface area contributed by atoms with Crippen LogP contribution in [0.4, 0.5) is 0 Å². The molecule has 0 saturated heterocycles. The molecule has 3 heteroatoms. The fourth-order valence-corrected chi connectivity index (χ4v) is 1.26. The van der Waals surface area contributed by atoms with E-state index >= 15 is 0 Å². The molecule has 0 fully saturated rings. The molecular weight excluding hydrogens is 163 g/mol. The number of hydrogen-bond donors (Lipinski definition) is 2. The normalized spacial score (nSPS) is 10.7. The summed E-state index contributed by atoms with van der Waals surface area (Å²) in [4.78, 5) is 0. The molecule has 0 radical (unpaired) electrons. The van der Waals surface area contributed by atoms with E-state index in [1.54, 1.807) is 0 Å². The average Bonchev–Trinajstić information content (AvgIpc) is 2.08. The van der Waals surface area contributed by atoms with Crippen LogP contribution in [0.5, 0.6) is 0 Å². The highest BCUT2D eigenvalue weighted by molar-refractivity contribution is 6.40. The highest BCUT2D eigenvalue weighted by Gasteiger charge is 2.09. The van der Waals surface area contributed by atoms with Crippen LogP contribution in [0.2, 0.25) is 0 Å². The molecule has 0 aliphatic heterocycles. The van der Waals surface area contributed by atoms with Gasteiger partial charge in [0.15, 0.2) is 0 Å². The van der Waals surface area contributed by atoms with E-state index in [1.807, 2.05) is 43.3 Å². The summed E-state index contributed by atoms with van der Waals surface area (Å²) in [5, 5.41) is 17.7. The van der Waals surface area contributed by atoms with Gasteiger partial charge in [-0.2, -0.15) is 0 Å². The highest BCUT2D eigenvalue weighted by atomic mass is 16.4. The highest BCUT2D eigenvalue weighted by Crippen LogP contribution is 2.11. The van der Waals surface area contributed by atoms with Crippen LogP contribution in [0.1, 0.15) is 18.1 Å². The van der Waals surface area contributed by atoms with Crippen molar-refractivity contribution < 1.29 is 10.0 Å². The molecule has 0 aliphatic rings. The Hall–Kier alpha value is -1.06. The molecule has 2 nitrogen and oxygen atoms in total. The quantitative estimate of drug-likeness (QED) is 0.681. The van der Waals surface area contributed by atoms with Crippen molar-refractivity contribution in [2.24, 2.45) is 0 Å². The van der Waals surface area contributed by atoms with Crippen molar-refractivity contribution in [1.29, 1.82) is 0 Å². The zero-order valence-corrected chi connectivity index (χ0v) is 7.64. The lowest BCUT2D eigenvalue weighted by atomic mass is 9.80. The van der Waals surface area contributed by atoms with E-state index in [2.05, 4.69) is 0 Å². The molecule has 0 atom stereocenters. The molecular formula is C10H13BO2. The van der Waals surface area contributed by atoms with Crippen molar-refractivity contribution in [2.75, 3.05) is 0 Å². The molecule has 0 spiro atoms. The van der Waals surface area contributed by atoms with Crippen molar-refractivity contribution in [1.82, 2.24) is 0 Å². The van der Waals surface area contributed by atoms with Gasteiger partial charge in [-0.3, -0.25) is 0 Å². The minimum atomic E-state index is -1.27. The van der Waals surface area contributed by atoms with E-state index in [9.17, 15) is 0 Å². The lowest BCUT2D eigenvalue weighted by molar-refractivity contribution is 0.405. The molecule has 0 aromatic heterocycles. The van der Waals surface area contributed by atoms with Crippen molar-refractivity contribution in [3.05, 3.63) is 41.5 Å². The van der Waals surface area contributed by atoms with Crippen molar-refractivity contribution in [3.8, 4) is 0 Å². The summed E-state index contributed by atoms with van der Waals surface area (Å²) in [5.74, 6) is 0. The molecule has 13 heavy (non-hydrogen) atoms. The first-order valence-electron chi connectivity index (χ1n) is 4.30. The van der Waals surface area contributed by atoms with Gasteiger partial charge in [-0.25, -0.2) is 0 Å². The van der Waals surface area contributed by atoms with Gasteiger partial charge in [0.1, 0.15) is 0 Å². The summed E-state index contributed by atoms with van der Waals surface area (Å²) in [7, 11) is -1.27. The summed E-state index contributed by atoms with van der Waals surface area (Å²) in [5.41, 5.74) is 1.99. The molecule has 1 rings (SSSR count). The SMILES string of the molecule is C/C=C\c1ccccc1CB(O)O. The molecule has 0 bridgehead atoms. The summed E-state index contributed by atoms with van der Waals surface area (Å²) >= 11 is 0. The molecule has 0 aliphatic carbocycles. The molecule has 2 N–H and O–H groups in total. The van der Waals surface area contributed by atoms with Crippen LogP contribution in [-0.2, 0) is 6.32 Å². The van der Waals surface area contributed by atoms with Gasteiger partial charge in [0.2, 0.25) is 0 Å². The van der Waals surface area contributed by atoms with Gasteiger partial charge in [-0.05, 0) is 18.1 Å². The summed E-state index contributed by atoms with van der Waals surface area (Å²) in [6.07, 6.45) is 4.17. The van der Waals surface area contributed by atoms with Crippen LogP contribution in [0.25, 0.3) is 6.08 Å². The summed E-state index contributed by atoms with van der Waals surface area (Å²) < 4.78 is 0. The second-order valence-electron chi connectivity index (χ2n) is 2.88. The minimum absolute atomic E-state index is 0.278. The first kappa shape index (κ1) is 10.0. The lowest BCUT2D eigenvalue weighted by Gasteiger charge is -2.04. The van der Waals surface area contributed by atoms with Crippen LogP contribution in [0, 0.1) is 0 Å². The molecule has 1 aromatic carbocycles. The fourth-order valence-electron chi connectivity index (χ4n) is 1.26. The summed E-state index contributed by atoms with van der Waals surface area (Å²) in [6, 6.07) is 7.68. The van der Waals surface area contributed by atoms with Gasteiger partial charge in [-0.1, -0.05) is 36.4 Å². The van der Waals surface area contributed by atoms with Gasteiger partial charge in [0.25, 0.3) is 0 Å². The second kappa shape index (κ2) is 4.85. The number of rotatable bonds is 3. The molecule has 0 heterocycles. The van der Waals surface area contributed by atoms with Gasteiger partial charge in [0, 0.05) is 6.32 Å². The maximum absolute atomic E-state index is 8.83. The largest absolute Gasteiger partial charge is 0.456 e. The Balaban J connectivity index is 2.90. The predicted octanol–water partition coefficient (Wildman–Crippen LogP) is 1.27. The topological polar surface area (TPSA) is 40.5 Å². The van der Waals surface area contributed by atoms with E-state index in [0.29, 0.717) is 0 Å². The van der Waals surface area contributed by atoms with Crippen LogP contribution in [0.3, 0.4) is 0 Å². The molecule has 1 aromatic rings. The van der Waals surface area contributed by atoms with E-state index in [1.165, 1.54) is 0 Å². The first-order valence-corrected chi connectivity index (χ1v) is 4.30. The predicted molar refractivity (Wildman–Crippen MR) is 55.0 cm³/mol. The number of hydrogen-bond acceptors (Lipinski definition) is 2. The first-order chi connectivity index (χ1) is 6.24. The van der Waals surface area contributed by atoms with Gasteiger partial charge < -0.3 is 10.0 Å². The number of allylic oxidation sites excluding steroid dienone is 1. The Morgan fingerprint density at radius 2 is 2.00 bits per heavy atom.